The first-order valence-electron chi connectivity index (χ1n) is 5.00. The lowest BCUT2D eigenvalue weighted by Gasteiger charge is -2.06. The lowest BCUT2D eigenvalue weighted by Crippen LogP contribution is -2.00. The zero-order valence-electron chi connectivity index (χ0n) is 9.52. The van der Waals surface area contributed by atoms with Crippen LogP contribution in [0, 0.1) is 6.92 Å². The van der Waals surface area contributed by atoms with Crippen molar-refractivity contribution in [2.75, 3.05) is 12.4 Å². The molecule has 1 heterocycles. The summed E-state index contributed by atoms with van der Waals surface area (Å²) >= 11 is 0. The van der Waals surface area contributed by atoms with Gasteiger partial charge in [-0.05, 0) is 30.7 Å². The van der Waals surface area contributed by atoms with Crippen molar-refractivity contribution in [3.63, 3.8) is 0 Å². The number of nitrogens with zero attached hydrogens (tertiary/aromatic N) is 3. The van der Waals surface area contributed by atoms with Crippen LogP contribution in [-0.4, -0.2) is 26.9 Å². The van der Waals surface area contributed by atoms with E-state index in [-0.39, 0.29) is 5.75 Å². The van der Waals surface area contributed by atoms with Gasteiger partial charge in [0, 0.05) is 19.7 Å². The third-order valence-corrected chi connectivity index (χ3v) is 2.55. The number of hydrogen-bond donors (Lipinski definition) is 2. The minimum absolute atomic E-state index is 0.261. The molecule has 5 heteroatoms. The summed E-state index contributed by atoms with van der Waals surface area (Å²) in [6, 6.07) is 5.20. The van der Waals surface area contributed by atoms with E-state index in [1.807, 2.05) is 24.6 Å². The van der Waals surface area contributed by atoms with Gasteiger partial charge in [-0.1, -0.05) is 0 Å². The van der Waals surface area contributed by atoms with E-state index in [9.17, 15) is 5.11 Å². The standard InChI is InChI=1S/C11H14N4O/c1-7-6-8(16)4-5-9(7)10-13-14-11(12-2)15(10)3/h4-6,16H,1-3H3,(H,12,14). The molecule has 0 aliphatic rings. The Labute approximate surface area is 93.8 Å². The van der Waals surface area contributed by atoms with Gasteiger partial charge >= 0.3 is 0 Å². The van der Waals surface area contributed by atoms with E-state index in [1.54, 1.807) is 19.2 Å². The number of benzene rings is 1. The van der Waals surface area contributed by atoms with Crippen molar-refractivity contribution in [3.8, 4) is 17.1 Å². The first-order valence-corrected chi connectivity index (χ1v) is 5.00. The molecule has 0 aliphatic heterocycles. The van der Waals surface area contributed by atoms with Crippen LogP contribution in [0.25, 0.3) is 11.4 Å². The molecule has 0 unspecified atom stereocenters. The van der Waals surface area contributed by atoms with Gasteiger partial charge in [-0.25, -0.2) is 0 Å². The summed E-state index contributed by atoms with van der Waals surface area (Å²) in [6.45, 7) is 1.93. The Morgan fingerprint density at radius 2 is 2.06 bits per heavy atom. The lowest BCUT2D eigenvalue weighted by molar-refractivity contribution is 0.475. The van der Waals surface area contributed by atoms with Crippen molar-refractivity contribution in [3.05, 3.63) is 23.8 Å². The molecule has 0 saturated carbocycles. The Kier molecular flexibility index (Phi) is 2.52. The maximum Gasteiger partial charge on any atom is 0.224 e. The van der Waals surface area contributed by atoms with E-state index in [0.29, 0.717) is 5.95 Å². The molecule has 5 nitrogen and oxygen atoms in total. The molecule has 0 fully saturated rings. The quantitative estimate of drug-likeness (QED) is 0.802. The highest BCUT2D eigenvalue weighted by atomic mass is 16.3. The summed E-state index contributed by atoms with van der Waals surface area (Å²) in [4.78, 5) is 0. The van der Waals surface area contributed by atoms with Crippen molar-refractivity contribution in [2.24, 2.45) is 7.05 Å². The van der Waals surface area contributed by atoms with Crippen molar-refractivity contribution >= 4 is 5.95 Å². The number of aromatic hydroxyl groups is 1. The predicted molar refractivity (Wildman–Crippen MR) is 62.4 cm³/mol. The monoisotopic (exact) mass is 218 g/mol. The summed E-state index contributed by atoms with van der Waals surface area (Å²) in [7, 11) is 3.70. The summed E-state index contributed by atoms with van der Waals surface area (Å²) < 4.78 is 1.87. The van der Waals surface area contributed by atoms with Crippen molar-refractivity contribution in [2.45, 2.75) is 6.92 Å². The molecule has 2 aromatic rings. The van der Waals surface area contributed by atoms with E-state index in [0.717, 1.165) is 17.0 Å². The fourth-order valence-corrected chi connectivity index (χ4v) is 1.68. The Hall–Kier alpha value is -2.04. The van der Waals surface area contributed by atoms with Gasteiger partial charge in [-0.2, -0.15) is 0 Å². The molecule has 0 radical (unpaired) electrons. The molecule has 0 spiro atoms. The number of phenols is 1. The van der Waals surface area contributed by atoms with Crippen molar-refractivity contribution in [1.82, 2.24) is 14.8 Å². The molecule has 0 aliphatic carbocycles. The summed E-state index contributed by atoms with van der Waals surface area (Å²) in [5.74, 6) is 1.75. The fourth-order valence-electron chi connectivity index (χ4n) is 1.68. The van der Waals surface area contributed by atoms with Gasteiger partial charge in [0.05, 0.1) is 0 Å². The molecule has 0 saturated heterocycles. The molecular weight excluding hydrogens is 204 g/mol. The Balaban J connectivity index is 2.54. The van der Waals surface area contributed by atoms with E-state index in [1.165, 1.54) is 0 Å². The van der Waals surface area contributed by atoms with Crippen LogP contribution in [-0.2, 0) is 7.05 Å². The first-order chi connectivity index (χ1) is 7.63. The zero-order chi connectivity index (χ0) is 11.7. The van der Waals surface area contributed by atoms with Gasteiger partial charge in [0.2, 0.25) is 5.95 Å². The van der Waals surface area contributed by atoms with Gasteiger partial charge in [0.15, 0.2) is 5.82 Å². The minimum atomic E-state index is 0.261. The van der Waals surface area contributed by atoms with Crippen LogP contribution in [0.2, 0.25) is 0 Å². The van der Waals surface area contributed by atoms with E-state index >= 15 is 0 Å². The summed E-state index contributed by atoms with van der Waals surface area (Å²) in [5.41, 5.74) is 1.94. The Morgan fingerprint density at radius 1 is 1.31 bits per heavy atom. The van der Waals surface area contributed by atoms with Gasteiger partial charge in [-0.15, -0.1) is 10.2 Å². The number of aryl methyl sites for hydroxylation is 1. The molecule has 1 aromatic heterocycles. The first kappa shape index (κ1) is 10.5. The van der Waals surface area contributed by atoms with Crippen LogP contribution in [0.1, 0.15) is 5.56 Å². The second-order valence-corrected chi connectivity index (χ2v) is 3.66. The Bertz CT molecular complexity index is 519. The molecule has 0 atom stereocenters. The van der Waals surface area contributed by atoms with Crippen LogP contribution in [0.15, 0.2) is 18.2 Å². The van der Waals surface area contributed by atoms with Crippen LogP contribution in [0.3, 0.4) is 0 Å². The SMILES string of the molecule is CNc1nnc(-c2ccc(O)cc2C)n1C. The van der Waals surface area contributed by atoms with Crippen LogP contribution in [0.5, 0.6) is 5.75 Å². The Morgan fingerprint density at radius 3 is 2.62 bits per heavy atom. The highest BCUT2D eigenvalue weighted by molar-refractivity contribution is 5.62. The highest BCUT2D eigenvalue weighted by Gasteiger charge is 2.11. The molecule has 84 valence electrons. The fraction of sp³-hybridized carbons (Fsp3) is 0.273. The van der Waals surface area contributed by atoms with E-state index < -0.39 is 0 Å². The normalized spacial score (nSPS) is 10.4. The number of rotatable bonds is 2. The number of phenolic OH excluding ortho intramolecular Hbond substituents is 1. The molecule has 2 N–H and O–H groups in total. The second kappa shape index (κ2) is 3.84. The average molecular weight is 218 g/mol. The predicted octanol–water partition coefficient (Wildman–Crippen LogP) is 1.54. The number of aromatic nitrogens is 3. The third kappa shape index (κ3) is 1.60. The van der Waals surface area contributed by atoms with Crippen LogP contribution >= 0.6 is 0 Å². The zero-order valence-corrected chi connectivity index (χ0v) is 9.52. The van der Waals surface area contributed by atoms with E-state index in [4.69, 9.17) is 0 Å². The maximum absolute atomic E-state index is 9.35. The second-order valence-electron chi connectivity index (χ2n) is 3.66. The maximum atomic E-state index is 9.35. The van der Waals surface area contributed by atoms with Crippen LogP contribution < -0.4 is 5.32 Å². The van der Waals surface area contributed by atoms with Gasteiger partial charge in [-0.3, -0.25) is 4.57 Å². The topological polar surface area (TPSA) is 63.0 Å². The van der Waals surface area contributed by atoms with Gasteiger partial charge < -0.3 is 10.4 Å². The van der Waals surface area contributed by atoms with Gasteiger partial charge in [0.25, 0.3) is 0 Å². The van der Waals surface area contributed by atoms with Crippen molar-refractivity contribution in [1.29, 1.82) is 0 Å². The third-order valence-electron chi connectivity index (χ3n) is 2.55. The molecule has 0 bridgehead atoms. The average Bonchev–Trinajstić information content (AvgIpc) is 2.60. The van der Waals surface area contributed by atoms with Gasteiger partial charge in [0.1, 0.15) is 5.75 Å². The molecule has 1 aromatic carbocycles. The smallest absolute Gasteiger partial charge is 0.224 e. The van der Waals surface area contributed by atoms with Crippen molar-refractivity contribution < 1.29 is 5.11 Å². The summed E-state index contributed by atoms with van der Waals surface area (Å²) in [6.07, 6.45) is 0. The van der Waals surface area contributed by atoms with E-state index in [2.05, 4.69) is 15.5 Å². The lowest BCUT2D eigenvalue weighted by atomic mass is 10.1. The number of anilines is 1. The molecule has 0 amide bonds. The largest absolute Gasteiger partial charge is 0.508 e. The molecule has 16 heavy (non-hydrogen) atoms. The minimum Gasteiger partial charge on any atom is -0.508 e. The number of hydrogen-bond acceptors (Lipinski definition) is 4. The van der Waals surface area contributed by atoms with Crippen LogP contribution in [0.4, 0.5) is 5.95 Å². The molecule has 2 rings (SSSR count). The summed E-state index contributed by atoms with van der Waals surface area (Å²) in [5, 5.41) is 20.4. The molecular formula is C11H14N4O. The highest BCUT2D eigenvalue weighted by Crippen LogP contribution is 2.25. The number of nitrogens with one attached hydrogen (secondary N) is 1.